The van der Waals surface area contributed by atoms with Crippen molar-refractivity contribution in [1.29, 1.82) is 0 Å². The van der Waals surface area contributed by atoms with Gasteiger partial charge in [-0.05, 0) is 19.4 Å². The second-order valence-corrected chi connectivity index (χ2v) is 15.3. The average Bonchev–Trinajstić information content (AvgIpc) is 3.15. The van der Waals surface area contributed by atoms with Gasteiger partial charge in [0.2, 0.25) is 28.5 Å². The van der Waals surface area contributed by atoms with Crippen LogP contribution < -0.4 is 5.73 Å². The number of amides is 4. The SMILES string of the molecule is [B]P(I)C1CC(=O)N(CCN(CCN)CCCCCN2C(=O)CC(P[B]I)C2=O)C1=O. The molecule has 2 saturated heterocycles. The number of unbranched alkanes of at least 4 members (excludes halogenated alkanes) is 2. The Hall–Kier alpha value is 0.650. The highest BCUT2D eigenvalue weighted by Gasteiger charge is 2.40. The fraction of sp³-hybridized carbons (Fsp3) is 0.765. The summed E-state index contributed by atoms with van der Waals surface area (Å²) in [5, 5.41) is 0. The Balaban J connectivity index is 1.70. The molecule has 2 N–H and O–H groups in total. The molecule has 2 rings (SSSR count). The van der Waals surface area contributed by atoms with Crippen LogP contribution in [0.3, 0.4) is 0 Å². The first-order chi connectivity index (χ1) is 14.8. The van der Waals surface area contributed by atoms with E-state index in [2.05, 4.69) is 49.3 Å². The van der Waals surface area contributed by atoms with Gasteiger partial charge < -0.3 is 10.6 Å². The third kappa shape index (κ3) is 8.12. The quantitative estimate of drug-likeness (QED) is 0.0970. The monoisotopic (exact) mass is 689 g/mol. The van der Waals surface area contributed by atoms with E-state index in [1.165, 1.54) is 9.80 Å². The van der Waals surface area contributed by atoms with Crippen LogP contribution in [0.4, 0.5) is 0 Å². The summed E-state index contributed by atoms with van der Waals surface area (Å²) in [6.45, 7) is 3.41. The van der Waals surface area contributed by atoms with Gasteiger partial charge in [-0.3, -0.25) is 29.0 Å². The van der Waals surface area contributed by atoms with Crippen molar-refractivity contribution in [1.82, 2.24) is 14.7 Å². The molecule has 0 spiro atoms. The maximum Gasteiger partial charge on any atom is 0.237 e. The van der Waals surface area contributed by atoms with Crippen LogP contribution >= 0.6 is 58.3 Å². The Morgan fingerprint density at radius 1 is 1.03 bits per heavy atom. The van der Waals surface area contributed by atoms with Crippen molar-refractivity contribution in [3.05, 3.63) is 0 Å². The summed E-state index contributed by atoms with van der Waals surface area (Å²) in [5.74, 6) is -0.389. The molecule has 14 heteroatoms. The van der Waals surface area contributed by atoms with Crippen molar-refractivity contribution < 1.29 is 19.2 Å². The molecule has 2 fully saturated rings. The maximum atomic E-state index is 12.4. The van der Waals surface area contributed by atoms with Gasteiger partial charge in [-0.15, -0.1) is 8.46 Å². The molecule has 0 aliphatic carbocycles. The van der Waals surface area contributed by atoms with Crippen molar-refractivity contribution in [3.8, 4) is 0 Å². The van der Waals surface area contributed by atoms with Crippen LogP contribution in [-0.4, -0.2) is 101 Å². The highest BCUT2D eigenvalue weighted by molar-refractivity contribution is 14.2. The first-order valence-electron chi connectivity index (χ1n) is 10.3. The second-order valence-electron chi connectivity index (χ2n) is 7.55. The minimum absolute atomic E-state index is 0.0353. The van der Waals surface area contributed by atoms with E-state index in [0.29, 0.717) is 47.6 Å². The van der Waals surface area contributed by atoms with E-state index in [4.69, 9.17) is 13.3 Å². The molecule has 2 heterocycles. The van der Waals surface area contributed by atoms with Crippen LogP contribution in [-0.2, 0) is 19.2 Å². The maximum absolute atomic E-state index is 12.4. The van der Waals surface area contributed by atoms with E-state index < -0.39 is 5.44 Å². The highest BCUT2D eigenvalue weighted by Crippen LogP contribution is 2.49. The molecule has 4 unspecified atom stereocenters. The van der Waals surface area contributed by atoms with Gasteiger partial charge in [0, 0.05) is 45.6 Å². The summed E-state index contributed by atoms with van der Waals surface area (Å²) in [5.41, 5.74) is 4.21. The van der Waals surface area contributed by atoms with Gasteiger partial charge in [0.25, 0.3) is 0 Å². The molecular formula is C17H27B2I2N4O4P2. The lowest BCUT2D eigenvalue weighted by Crippen LogP contribution is -2.41. The number of imide groups is 2. The van der Waals surface area contributed by atoms with Crippen molar-refractivity contribution in [2.24, 2.45) is 5.73 Å². The van der Waals surface area contributed by atoms with Crippen LogP contribution in [0.15, 0.2) is 0 Å². The Labute approximate surface area is 215 Å². The third-order valence-electron chi connectivity index (χ3n) is 5.47. The van der Waals surface area contributed by atoms with Crippen LogP contribution in [0, 0.1) is 0 Å². The van der Waals surface area contributed by atoms with Gasteiger partial charge in [-0.2, -0.15) is 22.4 Å². The van der Waals surface area contributed by atoms with Gasteiger partial charge in [0.1, 0.15) is 7.57 Å². The molecule has 0 saturated carbocycles. The Bertz CT molecular complexity index is 680. The number of hydrogen-bond donors (Lipinski definition) is 1. The standard InChI is InChI=1S/C17H27B2I2N4O4P2/c18-31(21)13-11-15(27)25(17(13)29)9-8-23(7-4-22)5-2-1-3-6-24-14(26)10-12(16(24)28)30-19-20/h12-13,30H,1-11,22H2. The first-order valence-corrected chi connectivity index (χ1v) is 16.9. The Morgan fingerprint density at radius 3 is 2.32 bits per heavy atom. The molecular weight excluding hydrogens is 662 g/mol. The fourth-order valence-corrected chi connectivity index (χ4v) is 7.79. The first kappa shape index (κ1) is 27.9. The number of nitrogens with two attached hydrogens (primary N) is 1. The lowest BCUT2D eigenvalue weighted by molar-refractivity contribution is -0.140. The number of carbonyl (C=O) groups is 4. The van der Waals surface area contributed by atoms with E-state index in [9.17, 15) is 19.2 Å². The topological polar surface area (TPSA) is 104 Å². The van der Waals surface area contributed by atoms with Crippen LogP contribution in [0.1, 0.15) is 32.1 Å². The van der Waals surface area contributed by atoms with E-state index in [-0.39, 0.29) is 41.4 Å². The predicted octanol–water partition coefficient (Wildman–Crippen LogP) is 1.24. The summed E-state index contributed by atoms with van der Waals surface area (Å²) in [6, 6.07) is 0. The molecule has 3 radical (unpaired) electrons. The minimum atomic E-state index is -0.986. The molecule has 2 aliphatic heterocycles. The average molecular weight is 689 g/mol. The van der Waals surface area contributed by atoms with Gasteiger partial charge in [0.05, 0.1) is 11.3 Å². The highest BCUT2D eigenvalue weighted by atomic mass is 127. The van der Waals surface area contributed by atoms with E-state index >= 15 is 0 Å². The normalized spacial score (nSPS) is 23.2. The number of likely N-dealkylation sites (tertiary alicyclic amines) is 2. The lowest BCUT2D eigenvalue weighted by Gasteiger charge is -2.24. The summed E-state index contributed by atoms with van der Waals surface area (Å²) < 4.78 is 0. The Kier molecular flexibility index (Phi) is 12.7. The lowest BCUT2D eigenvalue weighted by atomic mass is 10.2. The molecule has 31 heavy (non-hydrogen) atoms. The van der Waals surface area contributed by atoms with Crippen LogP contribution in [0.25, 0.3) is 0 Å². The molecule has 0 aromatic carbocycles. The largest absolute Gasteiger partial charge is 0.329 e. The molecule has 0 bridgehead atoms. The van der Waals surface area contributed by atoms with E-state index in [0.717, 1.165) is 25.8 Å². The van der Waals surface area contributed by atoms with Gasteiger partial charge in [-0.25, -0.2) is 0 Å². The van der Waals surface area contributed by atoms with E-state index in [1.54, 1.807) is 0 Å². The van der Waals surface area contributed by atoms with Crippen LogP contribution in [0.5, 0.6) is 0 Å². The molecule has 2 aliphatic rings. The number of nitrogens with zero attached hydrogens (tertiary/aromatic N) is 3. The predicted molar refractivity (Wildman–Crippen MR) is 144 cm³/mol. The summed E-state index contributed by atoms with van der Waals surface area (Å²) >= 11 is 4.18. The molecule has 0 aromatic heterocycles. The van der Waals surface area contributed by atoms with Crippen molar-refractivity contribution in [2.75, 3.05) is 39.3 Å². The van der Waals surface area contributed by atoms with Crippen molar-refractivity contribution in [2.45, 2.75) is 43.4 Å². The molecule has 4 amide bonds. The Morgan fingerprint density at radius 2 is 1.71 bits per heavy atom. The summed E-state index contributed by atoms with van der Waals surface area (Å²) in [7, 11) is 6.26. The summed E-state index contributed by atoms with van der Waals surface area (Å²) in [6.07, 6.45) is 3.11. The third-order valence-corrected chi connectivity index (χ3v) is 10.5. The molecule has 169 valence electrons. The number of carbonyl (C=O) groups excluding carboxylic acids is 4. The molecule has 4 atom stereocenters. The van der Waals surface area contributed by atoms with Gasteiger partial charge in [-0.1, -0.05) is 33.9 Å². The second kappa shape index (κ2) is 14.1. The smallest absolute Gasteiger partial charge is 0.237 e. The van der Waals surface area contributed by atoms with Gasteiger partial charge in [0.15, 0.2) is 0 Å². The zero-order valence-corrected chi connectivity index (χ0v) is 23.6. The zero-order chi connectivity index (χ0) is 23.0. The van der Waals surface area contributed by atoms with Gasteiger partial charge >= 0.3 is 0 Å². The zero-order valence-electron chi connectivity index (χ0n) is 17.3. The summed E-state index contributed by atoms with van der Waals surface area (Å²) in [4.78, 5) is 55.8. The number of halogens is 2. The van der Waals surface area contributed by atoms with E-state index in [1.807, 2.05) is 4.86 Å². The molecule has 8 nitrogen and oxygen atoms in total. The van der Waals surface area contributed by atoms with Crippen molar-refractivity contribution in [3.63, 3.8) is 0 Å². The fourth-order valence-electron chi connectivity index (χ4n) is 3.76. The minimum Gasteiger partial charge on any atom is -0.329 e. The molecule has 0 aromatic rings. The number of rotatable bonds is 14. The van der Waals surface area contributed by atoms with Crippen LogP contribution in [0.2, 0.25) is 0 Å². The number of hydrogen-bond acceptors (Lipinski definition) is 6. The van der Waals surface area contributed by atoms with Crippen molar-refractivity contribution >= 4 is 94.4 Å².